The number of methoxy groups -OCH3 is 1. The van der Waals surface area contributed by atoms with E-state index < -0.39 is 0 Å². The summed E-state index contributed by atoms with van der Waals surface area (Å²) in [5, 5.41) is 2.16. The molecule has 0 spiro atoms. The number of carbonyl (C=O) groups is 2. The van der Waals surface area contributed by atoms with Crippen LogP contribution >= 0.6 is 15.9 Å². The number of fused-ring (bicyclic) bond motifs is 1. The molecule has 144 valence electrons. The van der Waals surface area contributed by atoms with Crippen molar-refractivity contribution >= 4 is 38.9 Å². The molecule has 1 amide bonds. The Kier molecular flexibility index (Phi) is 6.31. The number of hydrogen-bond acceptors (Lipinski definition) is 4. The first-order valence-electron chi connectivity index (χ1n) is 8.68. The summed E-state index contributed by atoms with van der Waals surface area (Å²) in [6.45, 7) is 0.328. The van der Waals surface area contributed by atoms with Gasteiger partial charge in [-0.05, 0) is 52.7 Å². The first kappa shape index (κ1) is 19.9. The number of rotatable bonds is 7. The number of likely N-dealkylation sites (N-methyl/N-ethyl adjacent to an activating group) is 1. The molecular weight excluding hydrogens is 422 g/mol. The van der Waals surface area contributed by atoms with Crippen molar-refractivity contribution in [3.63, 3.8) is 0 Å². The van der Waals surface area contributed by atoms with Crippen LogP contribution in [0, 0.1) is 0 Å². The highest BCUT2D eigenvalue weighted by atomic mass is 79.9. The van der Waals surface area contributed by atoms with Gasteiger partial charge in [-0.2, -0.15) is 0 Å². The molecule has 0 aliphatic carbocycles. The maximum absolute atomic E-state index is 12.4. The third-order valence-corrected chi connectivity index (χ3v) is 4.90. The first-order chi connectivity index (χ1) is 13.5. The first-order valence-corrected chi connectivity index (χ1v) is 9.47. The van der Waals surface area contributed by atoms with Gasteiger partial charge >= 0.3 is 0 Å². The average molecular weight is 442 g/mol. The highest BCUT2D eigenvalue weighted by molar-refractivity contribution is 9.10. The average Bonchev–Trinajstić information content (AvgIpc) is 2.71. The molecule has 3 rings (SSSR count). The van der Waals surface area contributed by atoms with Crippen LogP contribution in [-0.2, 0) is 11.3 Å². The third kappa shape index (κ3) is 4.70. The maximum atomic E-state index is 12.4. The van der Waals surface area contributed by atoms with Gasteiger partial charge in [-0.3, -0.25) is 9.59 Å². The van der Waals surface area contributed by atoms with Crippen molar-refractivity contribution in [1.82, 2.24) is 4.90 Å². The van der Waals surface area contributed by atoms with Crippen LogP contribution in [0.2, 0.25) is 0 Å². The summed E-state index contributed by atoms with van der Waals surface area (Å²) < 4.78 is 11.6. The number of carbonyl (C=O) groups excluding carboxylic acids is 2. The van der Waals surface area contributed by atoms with Gasteiger partial charge in [0.15, 0.2) is 12.9 Å². The summed E-state index contributed by atoms with van der Waals surface area (Å²) in [5.74, 6) is 1.03. The Morgan fingerprint density at radius 3 is 2.57 bits per heavy atom. The Morgan fingerprint density at radius 2 is 1.82 bits per heavy atom. The molecule has 0 fully saturated rings. The van der Waals surface area contributed by atoms with Crippen molar-refractivity contribution < 1.29 is 19.1 Å². The molecular formula is C22H20BrNO4. The molecule has 0 aliphatic heterocycles. The van der Waals surface area contributed by atoms with Crippen LogP contribution in [0.5, 0.6) is 11.5 Å². The second-order valence-corrected chi connectivity index (χ2v) is 7.30. The predicted octanol–water partition coefficient (Wildman–Crippen LogP) is 4.46. The van der Waals surface area contributed by atoms with Crippen molar-refractivity contribution in [2.75, 3.05) is 20.8 Å². The van der Waals surface area contributed by atoms with Crippen molar-refractivity contribution in [2.24, 2.45) is 0 Å². The fourth-order valence-corrected chi connectivity index (χ4v) is 3.23. The minimum Gasteiger partial charge on any atom is -0.497 e. The molecule has 3 aromatic rings. The van der Waals surface area contributed by atoms with Crippen molar-refractivity contribution in [1.29, 1.82) is 0 Å². The Hall–Kier alpha value is -2.86. The minimum atomic E-state index is -0.172. The molecule has 0 saturated heterocycles. The lowest BCUT2D eigenvalue weighted by Gasteiger charge is -2.18. The molecule has 0 aromatic heterocycles. The number of nitrogens with zero attached hydrogens (tertiary/aromatic N) is 1. The van der Waals surface area contributed by atoms with Crippen LogP contribution in [0.3, 0.4) is 0 Å². The number of amides is 1. The van der Waals surface area contributed by atoms with Crippen molar-refractivity contribution in [3.05, 3.63) is 70.2 Å². The van der Waals surface area contributed by atoms with E-state index in [1.54, 1.807) is 37.3 Å². The van der Waals surface area contributed by atoms with E-state index >= 15 is 0 Å². The summed E-state index contributed by atoms with van der Waals surface area (Å²) in [7, 11) is 3.37. The zero-order valence-corrected chi connectivity index (χ0v) is 17.2. The van der Waals surface area contributed by atoms with Gasteiger partial charge in [0.25, 0.3) is 5.91 Å². The van der Waals surface area contributed by atoms with Gasteiger partial charge in [-0.1, -0.05) is 34.1 Å². The zero-order chi connectivity index (χ0) is 20.1. The molecule has 0 radical (unpaired) electrons. The SMILES string of the molecule is COc1ccc2cc(CN(C)C(=O)COc3ccc(Br)cc3C=O)ccc2c1. The van der Waals surface area contributed by atoms with Gasteiger partial charge in [-0.25, -0.2) is 0 Å². The lowest BCUT2D eigenvalue weighted by molar-refractivity contribution is -0.132. The highest BCUT2D eigenvalue weighted by Gasteiger charge is 2.12. The van der Waals surface area contributed by atoms with Gasteiger partial charge < -0.3 is 14.4 Å². The smallest absolute Gasteiger partial charge is 0.260 e. The second kappa shape index (κ2) is 8.89. The number of benzene rings is 3. The Labute approximate surface area is 172 Å². The third-order valence-electron chi connectivity index (χ3n) is 4.41. The minimum absolute atomic E-state index is 0.135. The second-order valence-electron chi connectivity index (χ2n) is 6.39. The lowest BCUT2D eigenvalue weighted by atomic mass is 10.1. The van der Waals surface area contributed by atoms with Gasteiger partial charge in [0.2, 0.25) is 0 Å². The van der Waals surface area contributed by atoms with Crippen LogP contribution in [0.25, 0.3) is 10.8 Å². The Bertz CT molecular complexity index is 1020. The standard InChI is InChI=1S/C22H20BrNO4/c1-24(22(26)14-28-21-8-6-19(23)10-18(21)13-25)12-15-3-4-17-11-20(27-2)7-5-16(17)9-15/h3-11,13H,12,14H2,1-2H3. The quantitative estimate of drug-likeness (QED) is 0.507. The van der Waals surface area contributed by atoms with Crippen LogP contribution in [-0.4, -0.2) is 37.9 Å². The number of aldehydes is 1. The van der Waals surface area contributed by atoms with Gasteiger partial charge in [0.05, 0.1) is 12.7 Å². The summed E-state index contributed by atoms with van der Waals surface area (Å²) in [6.07, 6.45) is 0.707. The zero-order valence-electron chi connectivity index (χ0n) is 15.6. The van der Waals surface area contributed by atoms with E-state index in [1.807, 2.05) is 30.3 Å². The van der Waals surface area contributed by atoms with E-state index in [0.29, 0.717) is 24.1 Å². The normalized spacial score (nSPS) is 10.5. The molecule has 0 saturated carbocycles. The molecule has 0 unspecified atom stereocenters. The molecule has 0 atom stereocenters. The van der Waals surface area contributed by atoms with E-state index in [-0.39, 0.29) is 12.5 Å². The number of ether oxygens (including phenoxy) is 2. The van der Waals surface area contributed by atoms with Gasteiger partial charge in [-0.15, -0.1) is 0 Å². The largest absolute Gasteiger partial charge is 0.497 e. The van der Waals surface area contributed by atoms with E-state index in [9.17, 15) is 9.59 Å². The summed E-state index contributed by atoms with van der Waals surface area (Å²) in [5.41, 5.74) is 1.42. The van der Waals surface area contributed by atoms with E-state index in [0.717, 1.165) is 26.6 Å². The monoisotopic (exact) mass is 441 g/mol. The summed E-state index contributed by atoms with van der Waals surface area (Å²) >= 11 is 3.31. The fraction of sp³-hybridized carbons (Fsp3) is 0.182. The molecule has 0 bridgehead atoms. The van der Waals surface area contributed by atoms with E-state index in [1.165, 1.54) is 0 Å². The number of hydrogen-bond donors (Lipinski definition) is 0. The van der Waals surface area contributed by atoms with Crippen LogP contribution in [0.15, 0.2) is 59.1 Å². The molecule has 6 heteroatoms. The Balaban J connectivity index is 1.64. The molecule has 0 heterocycles. The summed E-state index contributed by atoms with van der Waals surface area (Å²) in [4.78, 5) is 25.2. The highest BCUT2D eigenvalue weighted by Crippen LogP contribution is 2.23. The van der Waals surface area contributed by atoms with E-state index in [2.05, 4.69) is 22.0 Å². The van der Waals surface area contributed by atoms with Crippen LogP contribution in [0.4, 0.5) is 0 Å². The Morgan fingerprint density at radius 1 is 1.07 bits per heavy atom. The lowest BCUT2D eigenvalue weighted by Crippen LogP contribution is -2.31. The van der Waals surface area contributed by atoms with E-state index in [4.69, 9.17) is 9.47 Å². The summed E-state index contributed by atoms with van der Waals surface area (Å²) in [6, 6.07) is 17.0. The molecule has 28 heavy (non-hydrogen) atoms. The van der Waals surface area contributed by atoms with Crippen LogP contribution in [0.1, 0.15) is 15.9 Å². The predicted molar refractivity (Wildman–Crippen MR) is 112 cm³/mol. The van der Waals surface area contributed by atoms with Crippen LogP contribution < -0.4 is 9.47 Å². The van der Waals surface area contributed by atoms with Gasteiger partial charge in [0, 0.05) is 18.1 Å². The number of halogens is 1. The topological polar surface area (TPSA) is 55.8 Å². The fourth-order valence-electron chi connectivity index (χ4n) is 2.85. The molecule has 3 aromatic carbocycles. The van der Waals surface area contributed by atoms with Crippen molar-refractivity contribution in [2.45, 2.75) is 6.54 Å². The molecule has 0 N–H and O–H groups in total. The molecule has 5 nitrogen and oxygen atoms in total. The van der Waals surface area contributed by atoms with Gasteiger partial charge in [0.1, 0.15) is 11.5 Å². The molecule has 0 aliphatic rings. The van der Waals surface area contributed by atoms with Crippen molar-refractivity contribution in [3.8, 4) is 11.5 Å². The maximum Gasteiger partial charge on any atom is 0.260 e.